The molecule has 2 heterocycles. The van der Waals surface area contributed by atoms with Crippen LogP contribution in [0.25, 0.3) is 0 Å². The molecule has 0 saturated carbocycles. The van der Waals surface area contributed by atoms with E-state index in [-0.39, 0.29) is 6.04 Å². The quantitative estimate of drug-likeness (QED) is 0.868. The first-order chi connectivity index (χ1) is 8.08. The highest BCUT2D eigenvalue weighted by Gasteiger charge is 2.26. The Morgan fingerprint density at radius 1 is 1.41 bits per heavy atom. The lowest BCUT2D eigenvalue weighted by Crippen LogP contribution is -2.46. The van der Waals surface area contributed by atoms with Crippen molar-refractivity contribution in [1.29, 1.82) is 0 Å². The minimum atomic E-state index is 0.0756. The van der Waals surface area contributed by atoms with E-state index in [1.807, 2.05) is 24.1 Å². The summed E-state index contributed by atoms with van der Waals surface area (Å²) >= 11 is 0. The Hall–Kier alpha value is -0.870. The fraction of sp³-hybridized carbons (Fsp3) is 0.769. The average Bonchev–Trinajstić information content (AvgIpc) is 2.70. The van der Waals surface area contributed by atoms with Crippen molar-refractivity contribution in [1.82, 2.24) is 14.7 Å². The number of hydrogen-bond acceptors (Lipinski definition) is 3. The summed E-state index contributed by atoms with van der Waals surface area (Å²) in [5.74, 6) is 0. The van der Waals surface area contributed by atoms with Gasteiger partial charge in [-0.15, -0.1) is 0 Å². The number of hydrogen-bond donors (Lipinski definition) is 1. The third kappa shape index (κ3) is 2.87. The Labute approximate surface area is 104 Å². The molecule has 0 spiro atoms. The first kappa shape index (κ1) is 12.6. The monoisotopic (exact) mass is 236 g/mol. The molecule has 1 saturated heterocycles. The molecule has 17 heavy (non-hydrogen) atoms. The van der Waals surface area contributed by atoms with Crippen molar-refractivity contribution in [3.63, 3.8) is 0 Å². The van der Waals surface area contributed by atoms with Crippen LogP contribution in [0.15, 0.2) is 12.4 Å². The van der Waals surface area contributed by atoms with Crippen molar-refractivity contribution in [2.24, 2.45) is 12.8 Å². The molecule has 0 bridgehead atoms. The number of nitrogens with two attached hydrogens (primary N) is 1. The van der Waals surface area contributed by atoms with Crippen molar-refractivity contribution in [2.75, 3.05) is 6.54 Å². The second-order valence-electron chi connectivity index (χ2n) is 5.38. The van der Waals surface area contributed by atoms with Crippen LogP contribution in [-0.2, 0) is 7.05 Å². The predicted molar refractivity (Wildman–Crippen MR) is 69.6 cm³/mol. The molecule has 1 aromatic rings. The molecule has 2 N–H and O–H groups in total. The summed E-state index contributed by atoms with van der Waals surface area (Å²) in [6.07, 6.45) is 7.84. The molecule has 1 fully saturated rings. The Morgan fingerprint density at radius 3 is 2.59 bits per heavy atom. The van der Waals surface area contributed by atoms with Crippen LogP contribution in [0.3, 0.4) is 0 Å². The zero-order valence-electron chi connectivity index (χ0n) is 11.1. The SMILES string of the molecule is C[C@@H]1CCC[C@H](C)N1CC(N)c1cnn(C)c1. The van der Waals surface area contributed by atoms with Crippen LogP contribution in [0.2, 0.25) is 0 Å². The molecule has 1 aliphatic heterocycles. The number of aromatic nitrogens is 2. The van der Waals surface area contributed by atoms with Crippen molar-refractivity contribution in [2.45, 2.75) is 51.2 Å². The molecule has 1 aromatic heterocycles. The van der Waals surface area contributed by atoms with Crippen molar-refractivity contribution >= 4 is 0 Å². The van der Waals surface area contributed by atoms with Crippen molar-refractivity contribution in [3.05, 3.63) is 18.0 Å². The third-order valence-corrected chi connectivity index (χ3v) is 3.94. The highest BCUT2D eigenvalue weighted by molar-refractivity contribution is 5.10. The maximum Gasteiger partial charge on any atom is 0.0537 e. The highest BCUT2D eigenvalue weighted by Crippen LogP contribution is 2.24. The molecular formula is C13H24N4. The first-order valence-corrected chi connectivity index (χ1v) is 6.58. The van der Waals surface area contributed by atoms with E-state index in [0.29, 0.717) is 12.1 Å². The maximum absolute atomic E-state index is 6.27. The minimum Gasteiger partial charge on any atom is -0.323 e. The summed E-state index contributed by atoms with van der Waals surface area (Å²) in [5.41, 5.74) is 7.41. The number of piperidine rings is 1. The molecule has 3 atom stereocenters. The van der Waals surface area contributed by atoms with Gasteiger partial charge in [-0.05, 0) is 26.7 Å². The lowest BCUT2D eigenvalue weighted by atomic mass is 9.96. The van der Waals surface area contributed by atoms with Gasteiger partial charge in [0, 0.05) is 43.5 Å². The van der Waals surface area contributed by atoms with Gasteiger partial charge >= 0.3 is 0 Å². The largest absolute Gasteiger partial charge is 0.323 e. The van der Waals surface area contributed by atoms with Gasteiger partial charge in [0.15, 0.2) is 0 Å². The number of likely N-dealkylation sites (tertiary alicyclic amines) is 1. The normalized spacial score (nSPS) is 28.2. The van der Waals surface area contributed by atoms with Gasteiger partial charge in [0.1, 0.15) is 0 Å². The minimum absolute atomic E-state index is 0.0756. The van der Waals surface area contributed by atoms with Crippen LogP contribution in [0.4, 0.5) is 0 Å². The van der Waals surface area contributed by atoms with Gasteiger partial charge in [-0.25, -0.2) is 0 Å². The van der Waals surface area contributed by atoms with Crippen LogP contribution >= 0.6 is 0 Å². The second kappa shape index (κ2) is 5.19. The predicted octanol–water partition coefficient (Wildman–Crippen LogP) is 1.68. The van der Waals surface area contributed by atoms with Crippen LogP contribution in [0.1, 0.15) is 44.7 Å². The van der Waals surface area contributed by atoms with Gasteiger partial charge in [0.05, 0.1) is 6.20 Å². The lowest BCUT2D eigenvalue weighted by Gasteiger charge is -2.40. The molecular weight excluding hydrogens is 212 g/mol. The molecule has 1 aliphatic rings. The topological polar surface area (TPSA) is 47.1 Å². The van der Waals surface area contributed by atoms with E-state index in [4.69, 9.17) is 5.73 Å². The van der Waals surface area contributed by atoms with E-state index in [9.17, 15) is 0 Å². The lowest BCUT2D eigenvalue weighted by molar-refractivity contribution is 0.0961. The van der Waals surface area contributed by atoms with Crippen molar-refractivity contribution in [3.8, 4) is 0 Å². The molecule has 1 unspecified atom stereocenters. The van der Waals surface area contributed by atoms with Gasteiger partial charge < -0.3 is 5.73 Å². The second-order valence-corrected chi connectivity index (χ2v) is 5.38. The summed E-state index contributed by atoms with van der Waals surface area (Å²) in [6, 6.07) is 1.38. The van der Waals surface area contributed by atoms with E-state index >= 15 is 0 Å². The molecule has 96 valence electrons. The Bertz CT molecular complexity index is 350. The van der Waals surface area contributed by atoms with E-state index in [0.717, 1.165) is 12.1 Å². The fourth-order valence-corrected chi connectivity index (χ4v) is 2.80. The summed E-state index contributed by atoms with van der Waals surface area (Å²) in [5, 5.41) is 4.19. The van der Waals surface area contributed by atoms with Gasteiger partial charge in [0.25, 0.3) is 0 Å². The van der Waals surface area contributed by atoms with Gasteiger partial charge in [-0.1, -0.05) is 6.42 Å². The smallest absolute Gasteiger partial charge is 0.0537 e. The third-order valence-electron chi connectivity index (χ3n) is 3.94. The summed E-state index contributed by atoms with van der Waals surface area (Å²) in [4.78, 5) is 2.54. The van der Waals surface area contributed by atoms with Crippen LogP contribution in [-0.4, -0.2) is 33.3 Å². The standard InChI is InChI=1S/C13H24N4/c1-10-5-4-6-11(2)17(10)9-13(14)12-7-15-16(3)8-12/h7-8,10-11,13H,4-6,9,14H2,1-3H3/t10-,11+,13?. The zero-order chi connectivity index (χ0) is 12.4. The van der Waals surface area contributed by atoms with Crippen LogP contribution < -0.4 is 5.73 Å². The summed E-state index contributed by atoms with van der Waals surface area (Å²) < 4.78 is 1.82. The maximum atomic E-state index is 6.27. The summed E-state index contributed by atoms with van der Waals surface area (Å²) in [6.45, 7) is 5.56. The fourth-order valence-electron chi connectivity index (χ4n) is 2.80. The Morgan fingerprint density at radius 2 is 2.06 bits per heavy atom. The number of aryl methyl sites for hydroxylation is 1. The van der Waals surface area contributed by atoms with E-state index in [1.54, 1.807) is 0 Å². The average molecular weight is 236 g/mol. The van der Waals surface area contributed by atoms with Gasteiger partial charge in [-0.2, -0.15) is 5.10 Å². The number of nitrogens with zero attached hydrogens (tertiary/aromatic N) is 3. The van der Waals surface area contributed by atoms with E-state index in [1.165, 1.54) is 19.3 Å². The van der Waals surface area contributed by atoms with Crippen molar-refractivity contribution < 1.29 is 0 Å². The molecule has 0 amide bonds. The Balaban J connectivity index is 1.99. The molecule has 4 nitrogen and oxygen atoms in total. The van der Waals surface area contributed by atoms with Crippen LogP contribution in [0, 0.1) is 0 Å². The van der Waals surface area contributed by atoms with Crippen LogP contribution in [0.5, 0.6) is 0 Å². The summed E-state index contributed by atoms with van der Waals surface area (Å²) in [7, 11) is 1.93. The molecule has 4 heteroatoms. The Kier molecular flexibility index (Phi) is 3.84. The zero-order valence-corrected chi connectivity index (χ0v) is 11.1. The molecule has 0 radical (unpaired) electrons. The van der Waals surface area contributed by atoms with Gasteiger partial charge in [0.2, 0.25) is 0 Å². The first-order valence-electron chi connectivity index (χ1n) is 6.58. The molecule has 0 aromatic carbocycles. The van der Waals surface area contributed by atoms with E-state index < -0.39 is 0 Å². The van der Waals surface area contributed by atoms with Gasteiger partial charge in [-0.3, -0.25) is 9.58 Å². The van der Waals surface area contributed by atoms with E-state index in [2.05, 4.69) is 23.8 Å². The molecule has 2 rings (SSSR count). The highest BCUT2D eigenvalue weighted by atomic mass is 15.2. The number of rotatable bonds is 3. The molecule has 0 aliphatic carbocycles.